The summed E-state index contributed by atoms with van der Waals surface area (Å²) in [4.78, 5) is 24.8. The number of ether oxygens (including phenoxy) is 1. The molecule has 6 heteroatoms. The lowest BCUT2D eigenvalue weighted by Crippen LogP contribution is -2.38. The molecule has 0 unspecified atom stereocenters. The summed E-state index contributed by atoms with van der Waals surface area (Å²) in [6.07, 6.45) is 6.63. The van der Waals surface area contributed by atoms with Crippen LogP contribution in [0.15, 0.2) is 29.2 Å². The summed E-state index contributed by atoms with van der Waals surface area (Å²) in [6, 6.07) is 6.58. The quantitative estimate of drug-likeness (QED) is 0.800. The Balaban J connectivity index is 1.88. The van der Waals surface area contributed by atoms with Crippen LogP contribution in [0.5, 0.6) is 0 Å². The van der Waals surface area contributed by atoms with Crippen molar-refractivity contribution >= 4 is 22.7 Å². The summed E-state index contributed by atoms with van der Waals surface area (Å²) in [5.74, 6) is -0.390. The van der Waals surface area contributed by atoms with Crippen molar-refractivity contribution in [1.82, 2.24) is 5.32 Å². The molecule has 1 aromatic carbocycles. The normalized spacial score (nSPS) is 17.8. The fourth-order valence-electron chi connectivity index (χ4n) is 2.94. The molecular formula is C18H25NO4S. The van der Waals surface area contributed by atoms with Crippen molar-refractivity contribution in [3.63, 3.8) is 0 Å². The number of hydrogen-bond donors (Lipinski definition) is 1. The van der Waals surface area contributed by atoms with Gasteiger partial charge < -0.3 is 10.1 Å². The lowest BCUT2D eigenvalue weighted by Gasteiger charge is -2.22. The second-order valence-electron chi connectivity index (χ2n) is 6.25. The number of rotatable bonds is 6. The average molecular weight is 351 g/mol. The second kappa shape index (κ2) is 8.97. The fraction of sp³-hybridized carbons (Fsp3) is 0.556. The van der Waals surface area contributed by atoms with Gasteiger partial charge in [0.05, 0.1) is 21.3 Å². The van der Waals surface area contributed by atoms with Crippen LogP contribution >= 0.6 is 0 Å². The summed E-state index contributed by atoms with van der Waals surface area (Å²) in [6.45, 7) is 2.19. The molecule has 0 bridgehead atoms. The zero-order valence-electron chi connectivity index (χ0n) is 14.2. The first-order valence-electron chi connectivity index (χ1n) is 8.40. The van der Waals surface area contributed by atoms with Crippen LogP contribution in [0.2, 0.25) is 0 Å². The van der Waals surface area contributed by atoms with Gasteiger partial charge in [0.1, 0.15) is 0 Å². The predicted molar refractivity (Wildman–Crippen MR) is 93.2 cm³/mol. The lowest BCUT2D eigenvalue weighted by molar-refractivity contribution is -0.129. The van der Waals surface area contributed by atoms with E-state index in [9.17, 15) is 13.8 Å². The maximum absolute atomic E-state index is 12.3. The van der Waals surface area contributed by atoms with Crippen LogP contribution in [0.3, 0.4) is 0 Å². The van der Waals surface area contributed by atoms with Gasteiger partial charge in [-0.2, -0.15) is 0 Å². The van der Waals surface area contributed by atoms with Crippen LogP contribution in [0.1, 0.15) is 49.4 Å². The Morgan fingerprint density at radius 3 is 2.58 bits per heavy atom. The first-order valence-corrected chi connectivity index (χ1v) is 9.96. The summed E-state index contributed by atoms with van der Waals surface area (Å²) >= 11 is 0. The molecule has 0 spiro atoms. The van der Waals surface area contributed by atoms with Gasteiger partial charge in [-0.1, -0.05) is 31.4 Å². The smallest absolute Gasteiger partial charge is 0.340 e. The zero-order chi connectivity index (χ0) is 17.5. The van der Waals surface area contributed by atoms with E-state index in [4.69, 9.17) is 4.74 Å². The van der Waals surface area contributed by atoms with Gasteiger partial charge in [-0.05, 0) is 37.8 Å². The molecule has 0 radical (unpaired) electrons. The van der Waals surface area contributed by atoms with Crippen molar-refractivity contribution in [2.24, 2.45) is 5.92 Å². The topological polar surface area (TPSA) is 72.5 Å². The van der Waals surface area contributed by atoms with E-state index in [0.717, 1.165) is 12.8 Å². The summed E-state index contributed by atoms with van der Waals surface area (Å²) in [5.41, 5.74) is 0.241. The molecule has 0 aromatic heterocycles. The summed E-state index contributed by atoms with van der Waals surface area (Å²) in [5, 5.41) is 2.87. The van der Waals surface area contributed by atoms with E-state index in [1.807, 2.05) is 0 Å². The predicted octanol–water partition coefficient (Wildman–Crippen LogP) is 2.67. The molecule has 0 aliphatic heterocycles. The van der Waals surface area contributed by atoms with Crippen LogP contribution in [0, 0.1) is 5.92 Å². The van der Waals surface area contributed by atoms with Crippen LogP contribution in [-0.4, -0.2) is 35.0 Å². The molecule has 1 aromatic rings. The Labute approximate surface area is 145 Å². The molecule has 1 fully saturated rings. The Hall–Kier alpha value is -1.69. The van der Waals surface area contributed by atoms with E-state index in [1.54, 1.807) is 31.2 Å². The van der Waals surface area contributed by atoms with E-state index in [1.165, 1.54) is 25.5 Å². The molecule has 5 nitrogen and oxygen atoms in total. The maximum Gasteiger partial charge on any atom is 0.340 e. The van der Waals surface area contributed by atoms with E-state index >= 15 is 0 Å². The van der Waals surface area contributed by atoms with Crippen LogP contribution in [-0.2, 0) is 20.3 Å². The number of nitrogens with one attached hydrogen (secondary N) is 1. The third-order valence-electron chi connectivity index (χ3n) is 4.36. The number of benzene rings is 1. The van der Waals surface area contributed by atoms with Crippen molar-refractivity contribution in [2.75, 3.05) is 12.8 Å². The summed E-state index contributed by atoms with van der Waals surface area (Å²) in [7, 11) is -1.29. The SMILES string of the molecule is C[C@@H](OC(=O)c1ccccc1[S@@](C)=O)C(=O)NCC1CCCCC1. The Morgan fingerprint density at radius 2 is 1.92 bits per heavy atom. The van der Waals surface area contributed by atoms with Gasteiger partial charge >= 0.3 is 5.97 Å². The maximum atomic E-state index is 12.3. The number of esters is 1. The highest BCUT2D eigenvalue weighted by atomic mass is 32.2. The van der Waals surface area contributed by atoms with Gasteiger partial charge in [0, 0.05) is 12.8 Å². The second-order valence-corrected chi connectivity index (χ2v) is 7.60. The Morgan fingerprint density at radius 1 is 1.25 bits per heavy atom. The molecule has 2 rings (SSSR count). The molecule has 1 aliphatic carbocycles. The van der Waals surface area contributed by atoms with Crippen LogP contribution < -0.4 is 5.32 Å². The lowest BCUT2D eigenvalue weighted by atomic mass is 9.89. The molecular weight excluding hydrogens is 326 g/mol. The highest BCUT2D eigenvalue weighted by molar-refractivity contribution is 7.84. The van der Waals surface area contributed by atoms with E-state index in [0.29, 0.717) is 17.4 Å². The van der Waals surface area contributed by atoms with Gasteiger partial charge in [0.15, 0.2) is 6.10 Å². The standard InChI is InChI=1S/C18H25NO4S/c1-13(17(20)19-12-14-8-4-3-5-9-14)23-18(21)15-10-6-7-11-16(15)24(2)22/h6-7,10-11,13-14H,3-5,8-9,12H2,1-2H3,(H,19,20)/t13-,24-/m1/s1. The Bertz CT molecular complexity index is 611. The van der Waals surface area contributed by atoms with Crippen molar-refractivity contribution in [3.05, 3.63) is 29.8 Å². The number of carbonyl (C=O) groups is 2. The van der Waals surface area contributed by atoms with Crippen molar-refractivity contribution in [2.45, 2.75) is 50.0 Å². The average Bonchev–Trinajstić information content (AvgIpc) is 2.60. The van der Waals surface area contributed by atoms with E-state index in [2.05, 4.69) is 5.32 Å². The van der Waals surface area contributed by atoms with Crippen LogP contribution in [0.4, 0.5) is 0 Å². The third kappa shape index (κ3) is 5.16. The largest absolute Gasteiger partial charge is 0.449 e. The van der Waals surface area contributed by atoms with E-state index in [-0.39, 0.29) is 11.5 Å². The highest BCUT2D eigenvalue weighted by Crippen LogP contribution is 2.22. The number of amides is 1. The Kier molecular flexibility index (Phi) is 6.97. The third-order valence-corrected chi connectivity index (χ3v) is 5.33. The van der Waals surface area contributed by atoms with Gasteiger partial charge in [0.25, 0.3) is 5.91 Å². The van der Waals surface area contributed by atoms with Gasteiger partial charge in [-0.25, -0.2) is 4.79 Å². The first kappa shape index (κ1) is 18.6. The van der Waals surface area contributed by atoms with Crippen molar-refractivity contribution in [3.8, 4) is 0 Å². The van der Waals surface area contributed by atoms with Crippen LogP contribution in [0.25, 0.3) is 0 Å². The monoisotopic (exact) mass is 351 g/mol. The summed E-state index contributed by atoms with van der Waals surface area (Å²) < 4.78 is 16.9. The van der Waals surface area contributed by atoms with Gasteiger partial charge in [0.2, 0.25) is 0 Å². The van der Waals surface area contributed by atoms with Gasteiger partial charge in [-0.15, -0.1) is 0 Å². The number of carbonyl (C=O) groups excluding carboxylic acids is 2. The highest BCUT2D eigenvalue weighted by Gasteiger charge is 2.22. The minimum Gasteiger partial charge on any atom is -0.449 e. The molecule has 1 amide bonds. The minimum absolute atomic E-state index is 0.241. The molecule has 0 saturated heterocycles. The fourth-order valence-corrected chi connectivity index (χ4v) is 3.67. The molecule has 2 atom stereocenters. The molecule has 0 heterocycles. The number of hydrogen-bond acceptors (Lipinski definition) is 4. The zero-order valence-corrected chi connectivity index (χ0v) is 15.1. The first-order chi connectivity index (χ1) is 11.5. The molecule has 24 heavy (non-hydrogen) atoms. The molecule has 1 aliphatic rings. The van der Waals surface area contributed by atoms with Crippen molar-refractivity contribution in [1.29, 1.82) is 0 Å². The minimum atomic E-state index is -1.29. The molecule has 1 saturated carbocycles. The molecule has 1 N–H and O–H groups in total. The van der Waals surface area contributed by atoms with E-state index < -0.39 is 22.9 Å². The van der Waals surface area contributed by atoms with Crippen molar-refractivity contribution < 1.29 is 18.5 Å². The van der Waals surface area contributed by atoms with Gasteiger partial charge in [-0.3, -0.25) is 9.00 Å². The molecule has 132 valence electrons.